The molecule has 104 valence electrons. The average Bonchev–Trinajstić information content (AvgIpc) is 2.28. The van der Waals surface area contributed by atoms with E-state index in [2.05, 4.69) is 20.7 Å². The van der Waals surface area contributed by atoms with Gasteiger partial charge in [-0.3, -0.25) is 4.72 Å². The monoisotopic (exact) mass is 347 g/mol. The molecular weight excluding hydrogens is 334 g/mol. The van der Waals surface area contributed by atoms with Crippen LogP contribution in [0.1, 0.15) is 13.8 Å². The summed E-state index contributed by atoms with van der Waals surface area (Å²) in [6, 6.07) is 6.17. The van der Waals surface area contributed by atoms with Crippen molar-refractivity contribution in [2.24, 2.45) is 0 Å². The molecule has 0 radical (unpaired) electrons. The number of benzene rings is 1. The van der Waals surface area contributed by atoms with Gasteiger partial charge < -0.3 is 4.74 Å². The van der Waals surface area contributed by atoms with E-state index in [1.807, 2.05) is 0 Å². The Morgan fingerprint density at radius 3 is 2.47 bits per heavy atom. The lowest BCUT2D eigenvalue weighted by Crippen LogP contribution is -2.22. The molecule has 0 aliphatic carbocycles. The topological polar surface area (TPSA) is 72.5 Å². The predicted molar refractivity (Wildman–Crippen MR) is 74.9 cm³/mol. The summed E-state index contributed by atoms with van der Waals surface area (Å²) < 4.78 is 31.7. The number of allylic oxidation sites excluding steroid dienone is 1. The molecule has 1 aromatic carbocycles. The van der Waals surface area contributed by atoms with Crippen LogP contribution >= 0.6 is 15.9 Å². The molecule has 0 saturated heterocycles. The Balaban J connectivity index is 2.85. The minimum atomic E-state index is -3.68. The van der Waals surface area contributed by atoms with Crippen LogP contribution < -0.4 is 4.72 Å². The summed E-state index contributed by atoms with van der Waals surface area (Å²) in [5, 5.41) is 0. The number of hydrogen-bond donors (Lipinski definition) is 1. The second-order valence-corrected chi connectivity index (χ2v) is 6.24. The largest absolute Gasteiger partial charge is 0.463 e. The standard InChI is InChI=1S/C12H14BrNO4S/c1-3-18-12(15)8-9(2)14-19(16,17)11-6-4-10(13)5-7-11/h4-8,14H,3H2,1-2H3. The highest BCUT2D eigenvalue weighted by Crippen LogP contribution is 2.15. The van der Waals surface area contributed by atoms with Gasteiger partial charge in [0.2, 0.25) is 0 Å². The van der Waals surface area contributed by atoms with E-state index in [0.717, 1.165) is 10.5 Å². The van der Waals surface area contributed by atoms with Gasteiger partial charge >= 0.3 is 5.97 Å². The molecular formula is C12H14BrNO4S. The number of halogens is 1. The van der Waals surface area contributed by atoms with Gasteiger partial charge in [-0.15, -0.1) is 0 Å². The van der Waals surface area contributed by atoms with Gasteiger partial charge in [0.15, 0.2) is 0 Å². The van der Waals surface area contributed by atoms with E-state index in [9.17, 15) is 13.2 Å². The third kappa shape index (κ3) is 5.04. The number of carbonyl (C=O) groups is 1. The summed E-state index contributed by atoms with van der Waals surface area (Å²) in [6.07, 6.45) is 1.10. The minimum Gasteiger partial charge on any atom is -0.463 e. The number of esters is 1. The molecule has 0 atom stereocenters. The first-order valence-electron chi connectivity index (χ1n) is 5.48. The normalized spacial score (nSPS) is 12.1. The van der Waals surface area contributed by atoms with E-state index in [1.54, 1.807) is 19.1 Å². The zero-order chi connectivity index (χ0) is 14.5. The zero-order valence-electron chi connectivity index (χ0n) is 10.5. The van der Waals surface area contributed by atoms with E-state index in [0.29, 0.717) is 0 Å². The molecule has 0 amide bonds. The number of nitrogens with one attached hydrogen (secondary N) is 1. The molecule has 5 nitrogen and oxygen atoms in total. The molecule has 1 N–H and O–H groups in total. The van der Waals surface area contributed by atoms with E-state index in [1.165, 1.54) is 19.1 Å². The third-order valence-corrected chi connectivity index (χ3v) is 4.05. The van der Waals surface area contributed by atoms with Gasteiger partial charge in [0.05, 0.1) is 11.5 Å². The van der Waals surface area contributed by atoms with E-state index in [-0.39, 0.29) is 17.2 Å². The van der Waals surface area contributed by atoms with Crippen molar-refractivity contribution in [1.82, 2.24) is 4.72 Å². The number of hydrogen-bond acceptors (Lipinski definition) is 4. The summed E-state index contributed by atoms with van der Waals surface area (Å²) in [6.45, 7) is 3.39. The van der Waals surface area contributed by atoms with E-state index in [4.69, 9.17) is 4.74 Å². The lowest BCUT2D eigenvalue weighted by molar-refractivity contribution is -0.137. The van der Waals surface area contributed by atoms with Gasteiger partial charge in [0, 0.05) is 16.2 Å². The molecule has 0 aromatic heterocycles. The fourth-order valence-electron chi connectivity index (χ4n) is 1.27. The molecule has 0 aliphatic heterocycles. The van der Waals surface area contributed by atoms with Crippen molar-refractivity contribution in [1.29, 1.82) is 0 Å². The Hall–Kier alpha value is -1.34. The van der Waals surface area contributed by atoms with Crippen LogP contribution in [0, 0.1) is 0 Å². The Kier molecular flexibility index (Phi) is 5.56. The molecule has 7 heteroatoms. The van der Waals surface area contributed by atoms with Gasteiger partial charge in [-0.2, -0.15) is 0 Å². The van der Waals surface area contributed by atoms with Gasteiger partial charge in [-0.05, 0) is 38.1 Å². The Morgan fingerprint density at radius 2 is 1.95 bits per heavy atom. The maximum absolute atomic E-state index is 12.0. The molecule has 19 heavy (non-hydrogen) atoms. The van der Waals surface area contributed by atoms with Crippen molar-refractivity contribution in [3.05, 3.63) is 40.5 Å². The third-order valence-electron chi connectivity index (χ3n) is 2.04. The van der Waals surface area contributed by atoms with Crippen LogP contribution in [0.4, 0.5) is 0 Å². The van der Waals surface area contributed by atoms with Crippen LogP contribution in [0.5, 0.6) is 0 Å². The lowest BCUT2D eigenvalue weighted by atomic mass is 10.4. The van der Waals surface area contributed by atoms with E-state index < -0.39 is 16.0 Å². The van der Waals surface area contributed by atoms with Gasteiger partial charge in [0.25, 0.3) is 10.0 Å². The van der Waals surface area contributed by atoms with Crippen molar-refractivity contribution in [3.63, 3.8) is 0 Å². The maximum atomic E-state index is 12.0. The van der Waals surface area contributed by atoms with E-state index >= 15 is 0 Å². The number of sulfonamides is 1. The maximum Gasteiger partial charge on any atom is 0.332 e. The zero-order valence-corrected chi connectivity index (χ0v) is 12.9. The smallest absolute Gasteiger partial charge is 0.332 e. The fraction of sp³-hybridized carbons (Fsp3) is 0.250. The highest BCUT2D eigenvalue weighted by Gasteiger charge is 2.14. The molecule has 1 rings (SSSR count). The van der Waals surface area contributed by atoms with Gasteiger partial charge in [0.1, 0.15) is 0 Å². The molecule has 0 spiro atoms. The summed E-state index contributed by atoms with van der Waals surface area (Å²) >= 11 is 3.23. The highest BCUT2D eigenvalue weighted by molar-refractivity contribution is 9.10. The van der Waals surface area contributed by atoms with Crippen molar-refractivity contribution in [2.75, 3.05) is 6.61 Å². The quantitative estimate of drug-likeness (QED) is 0.654. The molecule has 1 aromatic rings. The predicted octanol–water partition coefficient (Wildman–Crippen LogP) is 2.19. The SMILES string of the molecule is CCOC(=O)C=C(C)NS(=O)(=O)c1ccc(Br)cc1. The summed E-state index contributed by atoms with van der Waals surface area (Å²) in [5.41, 5.74) is 0.196. The van der Waals surface area contributed by atoms with Crippen LogP contribution in [0.2, 0.25) is 0 Å². The molecule has 0 unspecified atom stereocenters. The summed E-state index contributed by atoms with van der Waals surface area (Å²) in [7, 11) is -3.68. The molecule has 0 aliphatic rings. The number of carbonyl (C=O) groups excluding carboxylic acids is 1. The Morgan fingerprint density at radius 1 is 1.37 bits per heavy atom. The molecule has 0 fully saturated rings. The van der Waals surface area contributed by atoms with Crippen LogP contribution in [0.25, 0.3) is 0 Å². The van der Waals surface area contributed by atoms with Crippen LogP contribution in [-0.4, -0.2) is 21.0 Å². The first-order valence-corrected chi connectivity index (χ1v) is 7.76. The minimum absolute atomic E-state index is 0.118. The Labute approximate surface area is 120 Å². The lowest BCUT2D eigenvalue weighted by Gasteiger charge is -2.08. The van der Waals surface area contributed by atoms with Crippen molar-refractivity contribution in [3.8, 4) is 0 Å². The van der Waals surface area contributed by atoms with Crippen LogP contribution in [-0.2, 0) is 19.6 Å². The fourth-order valence-corrected chi connectivity index (χ4v) is 2.63. The second kappa shape index (κ2) is 6.72. The molecule has 0 saturated carbocycles. The molecule has 0 bridgehead atoms. The number of rotatable bonds is 5. The first-order chi connectivity index (χ1) is 8.85. The van der Waals surface area contributed by atoms with Crippen molar-refractivity contribution in [2.45, 2.75) is 18.7 Å². The highest BCUT2D eigenvalue weighted by atomic mass is 79.9. The average molecular weight is 348 g/mol. The molecule has 0 heterocycles. The Bertz CT molecular complexity index is 578. The van der Waals surface area contributed by atoms with Crippen LogP contribution in [0.15, 0.2) is 45.4 Å². The number of ether oxygens (including phenoxy) is 1. The van der Waals surface area contributed by atoms with Crippen molar-refractivity contribution >= 4 is 31.9 Å². The first kappa shape index (κ1) is 15.7. The van der Waals surface area contributed by atoms with Crippen LogP contribution in [0.3, 0.4) is 0 Å². The second-order valence-electron chi connectivity index (χ2n) is 3.64. The summed E-state index contributed by atoms with van der Waals surface area (Å²) in [4.78, 5) is 11.3. The summed E-state index contributed by atoms with van der Waals surface area (Å²) in [5.74, 6) is -0.585. The van der Waals surface area contributed by atoms with Gasteiger partial charge in [-0.25, -0.2) is 13.2 Å². The van der Waals surface area contributed by atoms with Crippen molar-refractivity contribution < 1.29 is 17.9 Å². The van der Waals surface area contributed by atoms with Gasteiger partial charge in [-0.1, -0.05) is 15.9 Å².